The van der Waals surface area contributed by atoms with Gasteiger partial charge >= 0.3 is 40.1 Å². The molecular formula is C43H44Fe2N2O5+4. The Hall–Kier alpha value is -2.02. The van der Waals surface area contributed by atoms with Crippen molar-refractivity contribution in [2.24, 2.45) is 5.92 Å². The first-order valence-corrected chi connectivity index (χ1v) is 16.8. The number of esters is 1. The van der Waals surface area contributed by atoms with Gasteiger partial charge in [0.15, 0.2) is 5.92 Å². The zero-order valence-corrected chi connectivity index (χ0v) is 31.7. The maximum atomic E-state index is 14.4. The molecule has 1 heterocycles. The number of hydrogen-bond donors (Lipinski definition) is 0. The molecule has 5 fully saturated rings. The molecule has 2 aromatic rings. The van der Waals surface area contributed by atoms with Crippen molar-refractivity contribution in [2.45, 2.75) is 32.2 Å². The van der Waals surface area contributed by atoms with E-state index in [1.165, 1.54) is 0 Å². The summed E-state index contributed by atoms with van der Waals surface area (Å²) in [5.74, 6) is 1.60. The van der Waals surface area contributed by atoms with E-state index in [0.29, 0.717) is 13.1 Å². The van der Waals surface area contributed by atoms with Gasteiger partial charge in [-0.25, -0.2) is 0 Å². The summed E-state index contributed by atoms with van der Waals surface area (Å²) in [4.78, 5) is 32.0. The van der Waals surface area contributed by atoms with Gasteiger partial charge in [-0.05, 0) is 158 Å². The zero-order valence-electron chi connectivity index (χ0n) is 29.5. The first kappa shape index (κ1) is 44.4. The Morgan fingerprint density at radius 2 is 1.00 bits per heavy atom. The van der Waals surface area contributed by atoms with Crippen LogP contribution in [0.3, 0.4) is 0 Å². The predicted octanol–water partition coefficient (Wildman–Crippen LogP) is 6.27. The summed E-state index contributed by atoms with van der Waals surface area (Å²) in [6.45, 7) is 2.78. The Labute approximate surface area is 335 Å². The molecule has 0 aromatic heterocycles. The fraction of sp³-hybridized carbons (Fsp3) is 0.209. The van der Waals surface area contributed by atoms with Crippen LogP contribution in [0.25, 0.3) is 0 Å². The summed E-state index contributed by atoms with van der Waals surface area (Å²) in [6, 6.07) is 15.0. The summed E-state index contributed by atoms with van der Waals surface area (Å²) in [6.07, 6.45) is 35.4. The average molecular weight is 781 g/mol. The van der Waals surface area contributed by atoms with Crippen LogP contribution in [0.15, 0.2) is 48.5 Å². The third-order valence-corrected chi connectivity index (χ3v) is 8.54. The number of benzene rings is 2. The topological polar surface area (TPSA) is 68.3 Å². The van der Waals surface area contributed by atoms with E-state index in [-0.39, 0.29) is 46.7 Å². The van der Waals surface area contributed by atoms with Gasteiger partial charge < -0.3 is 19.1 Å². The molecule has 3 atom stereocenters. The Balaban J connectivity index is 0.000000524. The molecule has 7 nitrogen and oxygen atoms in total. The van der Waals surface area contributed by atoms with E-state index >= 15 is 0 Å². The van der Waals surface area contributed by atoms with Gasteiger partial charge in [0.1, 0.15) is 11.5 Å². The molecule has 268 valence electrons. The van der Waals surface area contributed by atoms with Crippen LogP contribution in [0.5, 0.6) is 11.5 Å². The molecule has 5 aliphatic rings. The van der Waals surface area contributed by atoms with Crippen LogP contribution in [-0.2, 0) is 61.6 Å². The SMILES string of the molecule is CCOC(=O)[C@@H]1C(=O)N(Cc2ccc(OC)cc2)[C@H]([C]2[CH][CH][CH][CH]2)N(Cc2ccc(OC)cc2)[C@H]1[C]1[CH][CH][CH][CH]1.[CH]1[CH][CH][CH][CH]1.[CH]1[CH][CH][CH][CH]1.[Fe+2].[Fe+2]. The third kappa shape index (κ3) is 12.2. The van der Waals surface area contributed by atoms with E-state index in [0.717, 1.165) is 34.5 Å². The predicted molar refractivity (Wildman–Crippen MR) is 194 cm³/mol. The molecule has 9 heteroatoms. The van der Waals surface area contributed by atoms with E-state index in [9.17, 15) is 9.59 Å². The van der Waals surface area contributed by atoms with Gasteiger partial charge in [-0.1, -0.05) is 24.3 Å². The molecule has 0 unspecified atom stereocenters. The first-order chi connectivity index (χ1) is 24.5. The third-order valence-electron chi connectivity index (χ3n) is 8.54. The van der Waals surface area contributed by atoms with Crippen LogP contribution in [0.1, 0.15) is 18.1 Å². The van der Waals surface area contributed by atoms with Crippen molar-refractivity contribution >= 4 is 11.9 Å². The first-order valence-electron chi connectivity index (χ1n) is 16.8. The van der Waals surface area contributed by atoms with Crippen molar-refractivity contribution in [1.29, 1.82) is 0 Å². The zero-order chi connectivity index (χ0) is 35.1. The van der Waals surface area contributed by atoms with Crippen molar-refractivity contribution in [3.05, 3.63) is 187 Å². The van der Waals surface area contributed by atoms with Crippen molar-refractivity contribution < 1.29 is 57.9 Å². The maximum absolute atomic E-state index is 14.4. The van der Waals surface area contributed by atoms with Gasteiger partial charge in [0.2, 0.25) is 5.91 Å². The molecule has 1 saturated heterocycles. The molecule has 1 aliphatic heterocycles. The van der Waals surface area contributed by atoms with Gasteiger partial charge in [0.25, 0.3) is 0 Å². The van der Waals surface area contributed by atoms with E-state index < -0.39 is 24.1 Å². The quantitative estimate of drug-likeness (QED) is 0.161. The molecule has 2 aromatic carbocycles. The van der Waals surface area contributed by atoms with Crippen LogP contribution in [0.4, 0.5) is 0 Å². The second-order valence-electron chi connectivity index (χ2n) is 11.7. The smallest absolute Gasteiger partial charge is 0.497 e. The van der Waals surface area contributed by atoms with E-state index in [1.807, 2.05) is 169 Å². The number of rotatable bonds is 10. The standard InChI is InChI=1S/C33H34N2O5.2C5H5.2Fe/c1-4-40-33(37)29-30(25-9-5-6-10-25)34(21-23-13-17-27(38-2)18-14-23)31(26-11-7-8-12-26)35(32(29)36)22-24-15-19-28(39-3)20-16-24;2*1-2-4-5-3-1;;/h5-20,29-31H,4,21-22H2,1-3H3;2*1-5H;;/q;;;2*+2/t29-,30-,31+;;;;/m0..../s1. The van der Waals surface area contributed by atoms with Crippen molar-refractivity contribution in [3.63, 3.8) is 0 Å². The molecule has 4 saturated carbocycles. The number of amides is 1. The summed E-state index contributed by atoms with van der Waals surface area (Å²) in [5.41, 5.74) is 1.97. The second-order valence-corrected chi connectivity index (χ2v) is 11.7. The fourth-order valence-corrected chi connectivity index (χ4v) is 6.18. The summed E-state index contributed by atoms with van der Waals surface area (Å²) >= 11 is 0. The summed E-state index contributed by atoms with van der Waals surface area (Å²) in [5, 5.41) is 0. The summed E-state index contributed by atoms with van der Waals surface area (Å²) < 4.78 is 16.2. The van der Waals surface area contributed by atoms with Crippen LogP contribution in [-0.4, -0.2) is 54.7 Å². The van der Waals surface area contributed by atoms with Crippen molar-refractivity contribution in [1.82, 2.24) is 9.80 Å². The van der Waals surface area contributed by atoms with Crippen molar-refractivity contribution in [3.8, 4) is 11.5 Å². The number of nitrogens with zero attached hydrogens (tertiary/aromatic N) is 2. The Bertz CT molecular complexity index is 1260. The minimum Gasteiger partial charge on any atom is -0.497 e. The van der Waals surface area contributed by atoms with Gasteiger partial charge in [-0.2, -0.15) is 0 Å². The van der Waals surface area contributed by atoms with Gasteiger partial charge in [-0.3, -0.25) is 14.5 Å². The molecule has 4 aliphatic carbocycles. The Kier molecular flexibility index (Phi) is 20.2. The molecule has 7 rings (SSSR count). The van der Waals surface area contributed by atoms with Gasteiger partial charge in [0.05, 0.1) is 27.0 Å². The van der Waals surface area contributed by atoms with Crippen LogP contribution >= 0.6 is 0 Å². The number of carbonyl (C=O) groups is 2. The minimum absolute atomic E-state index is 0. The second kappa shape index (κ2) is 23.7. The van der Waals surface area contributed by atoms with E-state index in [4.69, 9.17) is 14.2 Å². The molecular weight excluding hydrogens is 736 g/mol. The van der Waals surface area contributed by atoms with Crippen molar-refractivity contribution in [2.75, 3.05) is 20.8 Å². The Morgan fingerprint density at radius 1 is 0.596 bits per heavy atom. The largest absolute Gasteiger partial charge is 2.00 e. The molecule has 20 radical (unpaired) electrons. The van der Waals surface area contributed by atoms with E-state index in [2.05, 4.69) is 4.90 Å². The molecule has 0 spiro atoms. The average Bonchev–Trinajstić information content (AvgIpc) is 4.00. The minimum atomic E-state index is -1.02. The number of hydrogen-bond acceptors (Lipinski definition) is 6. The molecule has 52 heavy (non-hydrogen) atoms. The van der Waals surface area contributed by atoms with Crippen LogP contribution in [0, 0.1) is 133 Å². The van der Waals surface area contributed by atoms with E-state index in [1.54, 1.807) is 21.1 Å². The molecule has 0 N–H and O–H groups in total. The van der Waals surface area contributed by atoms with Gasteiger partial charge in [-0.15, -0.1) is 0 Å². The Morgan fingerprint density at radius 3 is 1.40 bits per heavy atom. The number of carbonyl (C=O) groups excluding carboxylic acids is 2. The fourth-order valence-electron chi connectivity index (χ4n) is 6.18. The van der Waals surface area contributed by atoms with Gasteiger partial charge in [0, 0.05) is 31.0 Å². The summed E-state index contributed by atoms with van der Waals surface area (Å²) in [7, 11) is 3.27. The normalized spacial score (nSPS) is 23.4. The molecule has 0 bridgehead atoms. The number of ether oxygens (including phenoxy) is 3. The van der Waals surface area contributed by atoms with Crippen LogP contribution < -0.4 is 9.47 Å². The monoisotopic (exact) mass is 780 g/mol. The molecule has 1 amide bonds. The number of methoxy groups -OCH3 is 2. The van der Waals surface area contributed by atoms with Crippen LogP contribution in [0.2, 0.25) is 0 Å². The maximum Gasteiger partial charge on any atom is 2.00 e.